The van der Waals surface area contributed by atoms with Crippen LogP contribution in [-0.4, -0.2) is 18.4 Å². The second kappa shape index (κ2) is 7.70. The minimum atomic E-state index is -0.134. The number of benzene rings is 2. The van der Waals surface area contributed by atoms with Gasteiger partial charge in [-0.05, 0) is 55.7 Å². The molecule has 2 aromatic rings. The van der Waals surface area contributed by atoms with E-state index in [-0.39, 0.29) is 24.3 Å². The Morgan fingerprint density at radius 2 is 1.80 bits per heavy atom. The van der Waals surface area contributed by atoms with Gasteiger partial charge in [-0.1, -0.05) is 28.1 Å². The average molecular weight is 402 g/mol. The molecule has 0 atom stereocenters. The second-order valence-corrected chi connectivity index (χ2v) is 7.07. The van der Waals surface area contributed by atoms with Crippen molar-refractivity contribution in [3.8, 4) is 0 Å². The molecule has 0 unspecified atom stereocenters. The van der Waals surface area contributed by atoms with Crippen LogP contribution in [0, 0.1) is 12.8 Å². The van der Waals surface area contributed by atoms with Gasteiger partial charge < -0.3 is 16.0 Å². The molecular formula is C19H20BrN3O2. The fourth-order valence-electron chi connectivity index (χ4n) is 2.49. The lowest BCUT2D eigenvalue weighted by Crippen LogP contribution is -2.22. The zero-order chi connectivity index (χ0) is 17.8. The molecule has 6 heteroatoms. The van der Waals surface area contributed by atoms with Gasteiger partial charge in [0.25, 0.3) is 0 Å². The normalized spacial score (nSPS) is 13.2. The van der Waals surface area contributed by atoms with Crippen LogP contribution in [0.3, 0.4) is 0 Å². The quantitative estimate of drug-likeness (QED) is 0.680. The van der Waals surface area contributed by atoms with Crippen molar-refractivity contribution in [1.29, 1.82) is 0 Å². The van der Waals surface area contributed by atoms with E-state index < -0.39 is 0 Å². The number of hydrogen-bond donors (Lipinski definition) is 3. The van der Waals surface area contributed by atoms with Crippen molar-refractivity contribution in [3.63, 3.8) is 0 Å². The Morgan fingerprint density at radius 3 is 2.52 bits per heavy atom. The molecule has 1 aliphatic carbocycles. The molecule has 0 spiro atoms. The van der Waals surface area contributed by atoms with Crippen LogP contribution < -0.4 is 16.0 Å². The molecule has 1 saturated carbocycles. The van der Waals surface area contributed by atoms with Crippen molar-refractivity contribution in [2.24, 2.45) is 5.92 Å². The highest BCUT2D eigenvalue weighted by molar-refractivity contribution is 9.10. The third-order valence-electron chi connectivity index (χ3n) is 4.09. The highest BCUT2D eigenvalue weighted by atomic mass is 79.9. The Hall–Kier alpha value is -2.34. The minimum absolute atomic E-state index is 0.0765. The number of hydrogen-bond acceptors (Lipinski definition) is 3. The van der Waals surface area contributed by atoms with Crippen LogP contribution in [0.2, 0.25) is 0 Å². The maximum Gasteiger partial charge on any atom is 0.243 e. The Kier molecular flexibility index (Phi) is 5.38. The predicted molar refractivity (Wildman–Crippen MR) is 104 cm³/mol. The molecule has 0 radical (unpaired) electrons. The van der Waals surface area contributed by atoms with E-state index in [9.17, 15) is 9.59 Å². The van der Waals surface area contributed by atoms with Gasteiger partial charge in [0.05, 0.1) is 6.54 Å². The van der Waals surface area contributed by atoms with E-state index in [1.807, 2.05) is 49.4 Å². The molecule has 0 heterocycles. The predicted octanol–water partition coefficient (Wildman–Crippen LogP) is 4.16. The van der Waals surface area contributed by atoms with E-state index in [1.165, 1.54) is 0 Å². The van der Waals surface area contributed by atoms with Gasteiger partial charge in [0.2, 0.25) is 11.8 Å². The van der Waals surface area contributed by atoms with E-state index in [1.54, 1.807) is 0 Å². The highest BCUT2D eigenvalue weighted by Gasteiger charge is 2.29. The fraction of sp³-hybridized carbons (Fsp3) is 0.263. The first-order valence-corrected chi connectivity index (χ1v) is 9.02. The number of anilines is 3. The Labute approximate surface area is 155 Å². The van der Waals surface area contributed by atoms with Gasteiger partial charge in [-0.15, -0.1) is 0 Å². The largest absolute Gasteiger partial charge is 0.376 e. The summed E-state index contributed by atoms with van der Waals surface area (Å²) >= 11 is 3.38. The lowest BCUT2D eigenvalue weighted by Gasteiger charge is -2.14. The number of rotatable bonds is 6. The SMILES string of the molecule is Cc1c(NCC(=O)Nc2cccc(Br)c2)cccc1NC(=O)C1CC1. The second-order valence-electron chi connectivity index (χ2n) is 6.15. The Morgan fingerprint density at radius 1 is 1.08 bits per heavy atom. The smallest absolute Gasteiger partial charge is 0.243 e. The third kappa shape index (κ3) is 4.82. The lowest BCUT2D eigenvalue weighted by molar-refractivity contribution is -0.117. The Balaban J connectivity index is 1.58. The first kappa shape index (κ1) is 17.5. The number of carbonyl (C=O) groups excluding carboxylic acids is 2. The minimum Gasteiger partial charge on any atom is -0.376 e. The summed E-state index contributed by atoms with van der Waals surface area (Å²) in [5, 5.41) is 8.93. The third-order valence-corrected chi connectivity index (χ3v) is 4.58. The summed E-state index contributed by atoms with van der Waals surface area (Å²) < 4.78 is 0.910. The van der Waals surface area contributed by atoms with Gasteiger partial charge in [-0.25, -0.2) is 0 Å². The topological polar surface area (TPSA) is 70.2 Å². The summed E-state index contributed by atoms with van der Waals surface area (Å²) in [5.74, 6) is 0.101. The summed E-state index contributed by atoms with van der Waals surface area (Å²) in [6, 6.07) is 13.1. The van der Waals surface area contributed by atoms with Crippen molar-refractivity contribution in [3.05, 3.63) is 52.5 Å². The van der Waals surface area contributed by atoms with Gasteiger partial charge in [-0.3, -0.25) is 9.59 Å². The molecule has 0 aromatic heterocycles. The first-order valence-electron chi connectivity index (χ1n) is 8.22. The summed E-state index contributed by atoms with van der Waals surface area (Å²) in [7, 11) is 0. The molecule has 0 bridgehead atoms. The monoisotopic (exact) mass is 401 g/mol. The maximum absolute atomic E-state index is 12.1. The summed E-state index contributed by atoms with van der Waals surface area (Å²) in [6.07, 6.45) is 1.94. The molecule has 2 aromatic carbocycles. The molecule has 3 N–H and O–H groups in total. The molecule has 1 fully saturated rings. The van der Waals surface area contributed by atoms with E-state index in [4.69, 9.17) is 0 Å². The standard InChI is InChI=1S/C19H20BrN3O2/c1-12-16(6-3-7-17(12)23-19(25)13-8-9-13)21-11-18(24)22-15-5-2-4-14(20)10-15/h2-7,10,13,21H,8-9,11H2,1H3,(H,22,24)(H,23,25). The summed E-state index contributed by atoms with van der Waals surface area (Å²) in [5.41, 5.74) is 3.28. The first-order chi connectivity index (χ1) is 12.0. The van der Waals surface area contributed by atoms with Crippen molar-refractivity contribution >= 4 is 44.8 Å². The fourth-order valence-corrected chi connectivity index (χ4v) is 2.89. The van der Waals surface area contributed by atoms with Crippen LogP contribution in [0.25, 0.3) is 0 Å². The molecule has 1 aliphatic rings. The van der Waals surface area contributed by atoms with Crippen molar-refractivity contribution in [2.75, 3.05) is 22.5 Å². The number of carbonyl (C=O) groups is 2. The van der Waals surface area contributed by atoms with Crippen LogP contribution in [0.15, 0.2) is 46.9 Å². The van der Waals surface area contributed by atoms with E-state index in [2.05, 4.69) is 31.9 Å². The molecule has 25 heavy (non-hydrogen) atoms. The Bertz CT molecular complexity index is 803. The van der Waals surface area contributed by atoms with Gasteiger partial charge in [0.15, 0.2) is 0 Å². The van der Waals surface area contributed by atoms with Crippen LogP contribution in [0.5, 0.6) is 0 Å². The molecular weight excluding hydrogens is 382 g/mol. The summed E-state index contributed by atoms with van der Waals surface area (Å²) in [6.45, 7) is 2.07. The van der Waals surface area contributed by atoms with Gasteiger partial charge in [0.1, 0.15) is 0 Å². The van der Waals surface area contributed by atoms with E-state index >= 15 is 0 Å². The zero-order valence-electron chi connectivity index (χ0n) is 13.9. The highest BCUT2D eigenvalue weighted by Crippen LogP contribution is 2.31. The molecule has 2 amide bonds. The maximum atomic E-state index is 12.1. The van der Waals surface area contributed by atoms with Crippen molar-refractivity contribution in [2.45, 2.75) is 19.8 Å². The van der Waals surface area contributed by atoms with E-state index in [0.29, 0.717) is 0 Å². The van der Waals surface area contributed by atoms with Crippen LogP contribution in [0.4, 0.5) is 17.1 Å². The molecule has 5 nitrogen and oxygen atoms in total. The lowest BCUT2D eigenvalue weighted by atomic mass is 10.1. The van der Waals surface area contributed by atoms with Gasteiger partial charge in [0, 0.05) is 27.5 Å². The number of amides is 2. The molecule has 0 saturated heterocycles. The van der Waals surface area contributed by atoms with Gasteiger partial charge >= 0.3 is 0 Å². The van der Waals surface area contributed by atoms with Crippen LogP contribution >= 0.6 is 15.9 Å². The summed E-state index contributed by atoms with van der Waals surface area (Å²) in [4.78, 5) is 24.0. The van der Waals surface area contributed by atoms with Crippen molar-refractivity contribution < 1.29 is 9.59 Å². The number of halogens is 1. The molecule has 3 rings (SSSR count). The average Bonchev–Trinajstić information content (AvgIpc) is 3.40. The van der Waals surface area contributed by atoms with Crippen molar-refractivity contribution in [1.82, 2.24) is 0 Å². The number of nitrogens with one attached hydrogen (secondary N) is 3. The van der Waals surface area contributed by atoms with Gasteiger partial charge in [-0.2, -0.15) is 0 Å². The van der Waals surface area contributed by atoms with Crippen LogP contribution in [-0.2, 0) is 9.59 Å². The molecule has 130 valence electrons. The van der Waals surface area contributed by atoms with Crippen LogP contribution in [0.1, 0.15) is 18.4 Å². The zero-order valence-corrected chi connectivity index (χ0v) is 15.5. The van der Waals surface area contributed by atoms with E-state index in [0.717, 1.165) is 39.9 Å². The molecule has 0 aliphatic heterocycles.